The predicted octanol–water partition coefficient (Wildman–Crippen LogP) is 2.30. The summed E-state index contributed by atoms with van der Waals surface area (Å²) in [4.78, 5) is 13.8. The van der Waals surface area contributed by atoms with Crippen molar-refractivity contribution in [2.24, 2.45) is 0 Å². The molecule has 1 amide bonds. The van der Waals surface area contributed by atoms with Crippen molar-refractivity contribution in [3.63, 3.8) is 0 Å². The van der Waals surface area contributed by atoms with Gasteiger partial charge in [0.05, 0.1) is 18.4 Å². The highest BCUT2D eigenvalue weighted by Crippen LogP contribution is 2.31. The summed E-state index contributed by atoms with van der Waals surface area (Å²) in [5.41, 5.74) is 1.92. The maximum atomic E-state index is 12.4. The maximum Gasteiger partial charge on any atom is 0.249 e. The zero-order valence-corrected chi connectivity index (χ0v) is 17.3. The van der Waals surface area contributed by atoms with Gasteiger partial charge in [0.2, 0.25) is 15.9 Å². The van der Waals surface area contributed by atoms with Crippen molar-refractivity contribution in [3.8, 4) is 0 Å². The Morgan fingerprint density at radius 1 is 1.14 bits per heavy atom. The molecular weight excluding hydrogens is 392 g/mol. The van der Waals surface area contributed by atoms with Gasteiger partial charge in [-0.25, -0.2) is 8.42 Å². The summed E-state index contributed by atoms with van der Waals surface area (Å²) in [6.45, 7) is 3.52. The molecule has 1 saturated heterocycles. The molecule has 1 aliphatic rings. The van der Waals surface area contributed by atoms with Crippen LogP contribution in [0.2, 0.25) is 0 Å². The van der Waals surface area contributed by atoms with Gasteiger partial charge in [0, 0.05) is 11.7 Å². The second-order valence-corrected chi connectivity index (χ2v) is 9.07. The Morgan fingerprint density at radius 2 is 1.79 bits per heavy atom. The molecule has 29 heavy (non-hydrogen) atoms. The molecule has 2 unspecified atom stereocenters. The standard InChI is InChI=1S/C21H26N2O5S/c1-15(2)23-19(12-24)21(28-13-20(23)25)17-8-10-18(11-9-17)22-29(26,27)14-16-6-4-3-5-7-16/h3-11,15,19,21-22,24H,12-14H2,1-2H3. The largest absolute Gasteiger partial charge is 0.394 e. The summed E-state index contributed by atoms with van der Waals surface area (Å²) in [5, 5.41) is 9.84. The lowest BCUT2D eigenvalue weighted by molar-refractivity contribution is -0.164. The fourth-order valence-electron chi connectivity index (χ4n) is 3.60. The van der Waals surface area contributed by atoms with E-state index in [1.165, 1.54) is 0 Å². The van der Waals surface area contributed by atoms with Crippen LogP contribution in [-0.2, 0) is 25.3 Å². The number of carbonyl (C=O) groups is 1. The van der Waals surface area contributed by atoms with Crippen molar-refractivity contribution in [3.05, 3.63) is 65.7 Å². The molecule has 156 valence electrons. The number of benzene rings is 2. The lowest BCUT2D eigenvalue weighted by Crippen LogP contribution is -2.55. The molecule has 0 bridgehead atoms. The fraction of sp³-hybridized carbons (Fsp3) is 0.381. The van der Waals surface area contributed by atoms with Crippen LogP contribution in [0.4, 0.5) is 5.69 Å². The molecule has 0 aromatic heterocycles. The molecule has 8 heteroatoms. The Hall–Kier alpha value is -2.42. The van der Waals surface area contributed by atoms with Crippen molar-refractivity contribution in [1.82, 2.24) is 4.90 Å². The normalized spacial score (nSPS) is 20.1. The number of anilines is 1. The molecule has 0 radical (unpaired) electrons. The quantitative estimate of drug-likeness (QED) is 0.719. The fourth-order valence-corrected chi connectivity index (χ4v) is 4.80. The number of nitrogens with one attached hydrogen (secondary N) is 1. The van der Waals surface area contributed by atoms with E-state index in [2.05, 4.69) is 4.72 Å². The molecule has 2 N–H and O–H groups in total. The molecule has 0 saturated carbocycles. The Bertz CT molecular complexity index is 929. The zero-order valence-electron chi connectivity index (χ0n) is 16.5. The Labute approximate surface area is 171 Å². The number of carbonyl (C=O) groups excluding carboxylic acids is 1. The van der Waals surface area contributed by atoms with Gasteiger partial charge in [0.1, 0.15) is 12.7 Å². The minimum absolute atomic E-state index is 0.0508. The summed E-state index contributed by atoms with van der Waals surface area (Å²) in [5.74, 6) is -0.264. The number of morpholine rings is 1. The Kier molecular flexibility index (Phi) is 6.56. The molecule has 7 nitrogen and oxygen atoms in total. The second kappa shape index (κ2) is 8.94. The number of rotatable bonds is 7. The lowest BCUT2D eigenvalue weighted by atomic mass is 9.98. The van der Waals surface area contributed by atoms with E-state index in [-0.39, 0.29) is 30.9 Å². The number of hydrogen-bond acceptors (Lipinski definition) is 5. The first-order valence-electron chi connectivity index (χ1n) is 9.48. The van der Waals surface area contributed by atoms with Crippen LogP contribution in [-0.4, -0.2) is 49.6 Å². The van der Waals surface area contributed by atoms with E-state index in [4.69, 9.17) is 4.74 Å². The average Bonchev–Trinajstić information content (AvgIpc) is 2.68. The highest BCUT2D eigenvalue weighted by atomic mass is 32.2. The number of nitrogens with zero attached hydrogens (tertiary/aromatic N) is 1. The number of ether oxygens (including phenoxy) is 1. The molecule has 1 aliphatic heterocycles. The number of hydrogen-bond donors (Lipinski definition) is 2. The van der Waals surface area contributed by atoms with Crippen molar-refractivity contribution in [1.29, 1.82) is 0 Å². The average molecular weight is 419 g/mol. The van der Waals surface area contributed by atoms with Gasteiger partial charge < -0.3 is 14.7 Å². The van der Waals surface area contributed by atoms with E-state index in [9.17, 15) is 18.3 Å². The van der Waals surface area contributed by atoms with Gasteiger partial charge in [-0.1, -0.05) is 42.5 Å². The van der Waals surface area contributed by atoms with E-state index in [0.29, 0.717) is 11.3 Å². The summed E-state index contributed by atoms with van der Waals surface area (Å²) in [6, 6.07) is 15.2. The van der Waals surface area contributed by atoms with Crippen LogP contribution < -0.4 is 4.72 Å². The SMILES string of the molecule is CC(C)N1C(=O)COC(c2ccc(NS(=O)(=O)Cc3ccccc3)cc2)C1CO. The summed E-state index contributed by atoms with van der Waals surface area (Å²) in [7, 11) is -3.54. The number of aliphatic hydroxyl groups excluding tert-OH is 1. The molecule has 0 spiro atoms. The van der Waals surface area contributed by atoms with Gasteiger partial charge in [-0.3, -0.25) is 9.52 Å². The van der Waals surface area contributed by atoms with E-state index in [1.54, 1.807) is 53.4 Å². The molecule has 1 heterocycles. The minimum atomic E-state index is -3.54. The van der Waals surface area contributed by atoms with E-state index >= 15 is 0 Å². The number of sulfonamides is 1. The molecule has 1 fully saturated rings. The first kappa shape index (κ1) is 21.3. The van der Waals surface area contributed by atoms with Crippen LogP contribution in [0.5, 0.6) is 0 Å². The summed E-state index contributed by atoms with van der Waals surface area (Å²) in [6.07, 6.45) is -0.477. The topological polar surface area (TPSA) is 95.9 Å². The van der Waals surface area contributed by atoms with Crippen LogP contribution in [0.15, 0.2) is 54.6 Å². The second-order valence-electron chi connectivity index (χ2n) is 7.35. The van der Waals surface area contributed by atoms with Gasteiger partial charge in [-0.15, -0.1) is 0 Å². The summed E-state index contributed by atoms with van der Waals surface area (Å²) < 4.78 is 33.1. The first-order valence-corrected chi connectivity index (χ1v) is 11.1. The predicted molar refractivity (Wildman–Crippen MR) is 111 cm³/mol. The maximum absolute atomic E-state index is 12.4. The van der Waals surface area contributed by atoms with Crippen LogP contribution in [0.25, 0.3) is 0 Å². The molecular formula is C21H26N2O5S. The Morgan fingerprint density at radius 3 is 2.38 bits per heavy atom. The third-order valence-corrected chi connectivity index (χ3v) is 6.10. The first-order chi connectivity index (χ1) is 13.8. The number of amides is 1. The van der Waals surface area contributed by atoms with Crippen molar-refractivity contribution in [2.45, 2.75) is 37.8 Å². The van der Waals surface area contributed by atoms with Gasteiger partial charge >= 0.3 is 0 Å². The van der Waals surface area contributed by atoms with Gasteiger partial charge in [-0.2, -0.15) is 0 Å². The zero-order chi connectivity index (χ0) is 21.0. The van der Waals surface area contributed by atoms with Crippen LogP contribution >= 0.6 is 0 Å². The molecule has 3 rings (SSSR count). The molecule has 2 atom stereocenters. The third-order valence-electron chi connectivity index (χ3n) is 4.84. The van der Waals surface area contributed by atoms with Crippen LogP contribution in [0.1, 0.15) is 31.1 Å². The van der Waals surface area contributed by atoms with Crippen LogP contribution in [0, 0.1) is 0 Å². The van der Waals surface area contributed by atoms with E-state index < -0.39 is 22.2 Å². The molecule has 2 aromatic carbocycles. The van der Waals surface area contributed by atoms with E-state index in [1.807, 2.05) is 19.9 Å². The van der Waals surface area contributed by atoms with Gasteiger partial charge in [0.15, 0.2) is 0 Å². The van der Waals surface area contributed by atoms with E-state index in [0.717, 1.165) is 5.56 Å². The highest BCUT2D eigenvalue weighted by Gasteiger charge is 2.38. The van der Waals surface area contributed by atoms with Crippen molar-refractivity contribution < 1.29 is 23.1 Å². The summed E-state index contributed by atoms with van der Waals surface area (Å²) >= 11 is 0. The highest BCUT2D eigenvalue weighted by molar-refractivity contribution is 7.91. The van der Waals surface area contributed by atoms with Crippen molar-refractivity contribution >= 4 is 21.6 Å². The van der Waals surface area contributed by atoms with Gasteiger partial charge in [0.25, 0.3) is 0 Å². The van der Waals surface area contributed by atoms with Crippen molar-refractivity contribution in [2.75, 3.05) is 17.9 Å². The van der Waals surface area contributed by atoms with Crippen LogP contribution in [0.3, 0.4) is 0 Å². The number of aliphatic hydroxyl groups is 1. The smallest absolute Gasteiger partial charge is 0.249 e. The van der Waals surface area contributed by atoms with Gasteiger partial charge in [-0.05, 0) is 37.1 Å². The monoisotopic (exact) mass is 418 g/mol. The Balaban J connectivity index is 1.73. The lowest BCUT2D eigenvalue weighted by Gasteiger charge is -2.42. The third kappa shape index (κ3) is 5.14. The molecule has 0 aliphatic carbocycles. The molecule has 2 aromatic rings. The minimum Gasteiger partial charge on any atom is -0.394 e.